The maximum absolute atomic E-state index is 12.1. The number of nitrogens with zero attached hydrogens (tertiary/aromatic N) is 3. The highest BCUT2D eigenvalue weighted by atomic mass is 32.1. The number of carbonyl (C=O) groups is 1. The first kappa shape index (κ1) is 13.6. The van der Waals surface area contributed by atoms with Gasteiger partial charge in [-0.25, -0.2) is 9.50 Å². The summed E-state index contributed by atoms with van der Waals surface area (Å²) in [5, 5.41) is 9.05. The van der Waals surface area contributed by atoms with Crippen LogP contribution in [0.15, 0.2) is 35.8 Å². The molecular weight excluding hydrogens is 288 g/mol. The molecule has 3 heterocycles. The number of amides is 1. The Morgan fingerprint density at radius 1 is 1.43 bits per heavy atom. The van der Waals surface area contributed by atoms with E-state index < -0.39 is 0 Å². The molecule has 0 saturated heterocycles. The fourth-order valence-corrected chi connectivity index (χ4v) is 2.51. The maximum Gasteiger partial charge on any atom is 0.271 e. The molecule has 3 aromatic rings. The Kier molecular flexibility index (Phi) is 3.83. The number of carbonyl (C=O) groups excluding carboxylic acids is 1. The third-order valence-electron chi connectivity index (χ3n) is 2.82. The van der Waals surface area contributed by atoms with Gasteiger partial charge in [0.15, 0.2) is 5.65 Å². The highest BCUT2D eigenvalue weighted by Crippen LogP contribution is 2.11. The smallest absolute Gasteiger partial charge is 0.271 e. The molecule has 0 aliphatic carbocycles. The molecule has 1 N–H and O–H groups in total. The van der Waals surface area contributed by atoms with Gasteiger partial charge in [0.1, 0.15) is 5.69 Å². The van der Waals surface area contributed by atoms with Gasteiger partial charge in [0.25, 0.3) is 5.91 Å². The van der Waals surface area contributed by atoms with Crippen molar-refractivity contribution in [3.05, 3.63) is 46.4 Å². The molecule has 0 spiro atoms. The van der Waals surface area contributed by atoms with Gasteiger partial charge in [-0.05, 0) is 24.4 Å². The Labute approximate surface area is 125 Å². The van der Waals surface area contributed by atoms with Gasteiger partial charge < -0.3 is 10.1 Å². The summed E-state index contributed by atoms with van der Waals surface area (Å²) in [6.45, 7) is 2.94. The fourth-order valence-electron chi connectivity index (χ4n) is 1.87. The number of ether oxygens (including phenoxy) is 1. The average Bonchev–Trinajstić information content (AvgIpc) is 3.13. The van der Waals surface area contributed by atoms with Crippen LogP contribution in [-0.4, -0.2) is 27.1 Å². The third-order valence-corrected chi connectivity index (χ3v) is 3.70. The lowest BCUT2D eigenvalue weighted by molar-refractivity contribution is 0.0947. The summed E-state index contributed by atoms with van der Waals surface area (Å²) in [6.07, 6.45) is 1.60. The highest BCUT2D eigenvalue weighted by molar-refractivity contribution is 7.09. The lowest BCUT2D eigenvalue weighted by Crippen LogP contribution is -2.22. The standard InChI is InChI=1S/C14H14N4O2S/c1-2-20-13-6-5-12-16-11(9-18(12)17-13)14(19)15-8-10-4-3-7-21-10/h3-7,9H,2,8H2,1H3,(H,15,19). The molecule has 0 aliphatic heterocycles. The molecule has 0 bridgehead atoms. The maximum atomic E-state index is 12.1. The van der Waals surface area contributed by atoms with Crippen molar-refractivity contribution in [1.82, 2.24) is 19.9 Å². The number of fused-ring (bicyclic) bond motifs is 1. The third kappa shape index (κ3) is 3.03. The number of imidazole rings is 1. The molecule has 0 unspecified atom stereocenters. The minimum absolute atomic E-state index is 0.216. The molecule has 0 fully saturated rings. The van der Waals surface area contributed by atoms with E-state index in [0.717, 1.165) is 4.88 Å². The van der Waals surface area contributed by atoms with Crippen LogP contribution in [0.4, 0.5) is 0 Å². The predicted molar refractivity (Wildman–Crippen MR) is 79.6 cm³/mol. The van der Waals surface area contributed by atoms with Crippen LogP contribution in [0.1, 0.15) is 22.3 Å². The van der Waals surface area contributed by atoms with Crippen LogP contribution in [0.2, 0.25) is 0 Å². The predicted octanol–water partition coefficient (Wildman–Crippen LogP) is 2.12. The van der Waals surface area contributed by atoms with Crippen LogP contribution < -0.4 is 10.1 Å². The molecule has 0 saturated carbocycles. The van der Waals surface area contributed by atoms with E-state index in [1.807, 2.05) is 24.4 Å². The normalized spacial score (nSPS) is 10.7. The van der Waals surface area contributed by atoms with Gasteiger partial charge in [-0.1, -0.05) is 6.07 Å². The minimum atomic E-state index is -0.216. The lowest BCUT2D eigenvalue weighted by atomic mass is 10.4. The quantitative estimate of drug-likeness (QED) is 0.784. The molecule has 0 aromatic carbocycles. The molecule has 0 radical (unpaired) electrons. The molecule has 6 nitrogen and oxygen atoms in total. The van der Waals surface area contributed by atoms with Crippen molar-refractivity contribution in [2.75, 3.05) is 6.61 Å². The number of hydrogen-bond acceptors (Lipinski definition) is 5. The van der Waals surface area contributed by atoms with Gasteiger partial charge in [-0.3, -0.25) is 4.79 Å². The van der Waals surface area contributed by atoms with E-state index in [-0.39, 0.29) is 5.91 Å². The topological polar surface area (TPSA) is 68.5 Å². The van der Waals surface area contributed by atoms with Gasteiger partial charge in [0, 0.05) is 10.9 Å². The number of nitrogens with one attached hydrogen (secondary N) is 1. The van der Waals surface area contributed by atoms with E-state index in [2.05, 4.69) is 15.4 Å². The summed E-state index contributed by atoms with van der Waals surface area (Å²) in [7, 11) is 0. The van der Waals surface area contributed by atoms with E-state index >= 15 is 0 Å². The second-order valence-corrected chi connectivity index (χ2v) is 5.33. The van der Waals surface area contributed by atoms with E-state index in [4.69, 9.17) is 4.74 Å². The zero-order valence-corrected chi connectivity index (χ0v) is 12.3. The fraction of sp³-hybridized carbons (Fsp3) is 0.214. The van der Waals surface area contributed by atoms with E-state index in [9.17, 15) is 4.79 Å². The van der Waals surface area contributed by atoms with Crippen LogP contribution in [-0.2, 0) is 6.54 Å². The van der Waals surface area contributed by atoms with Crippen LogP contribution in [0.5, 0.6) is 5.88 Å². The Bertz CT molecular complexity index is 752. The number of hydrogen-bond donors (Lipinski definition) is 1. The molecule has 1 amide bonds. The molecular formula is C14H14N4O2S. The van der Waals surface area contributed by atoms with Crippen molar-refractivity contribution < 1.29 is 9.53 Å². The van der Waals surface area contributed by atoms with Crippen molar-refractivity contribution in [2.24, 2.45) is 0 Å². The van der Waals surface area contributed by atoms with Gasteiger partial charge in [0.05, 0.1) is 19.3 Å². The zero-order valence-electron chi connectivity index (χ0n) is 11.4. The monoisotopic (exact) mass is 302 g/mol. The van der Waals surface area contributed by atoms with Crippen LogP contribution in [0, 0.1) is 0 Å². The van der Waals surface area contributed by atoms with Crippen LogP contribution in [0.3, 0.4) is 0 Å². The van der Waals surface area contributed by atoms with E-state index in [1.165, 1.54) is 0 Å². The van der Waals surface area contributed by atoms with Gasteiger partial charge >= 0.3 is 0 Å². The van der Waals surface area contributed by atoms with Crippen LogP contribution in [0.25, 0.3) is 5.65 Å². The largest absolute Gasteiger partial charge is 0.477 e. The number of thiophene rings is 1. The van der Waals surface area contributed by atoms with E-state index in [0.29, 0.717) is 30.4 Å². The van der Waals surface area contributed by atoms with Crippen LogP contribution >= 0.6 is 11.3 Å². The molecule has 7 heteroatoms. The molecule has 0 aliphatic rings. The zero-order chi connectivity index (χ0) is 14.7. The second-order valence-electron chi connectivity index (χ2n) is 4.30. The van der Waals surface area contributed by atoms with Crippen molar-refractivity contribution in [3.63, 3.8) is 0 Å². The van der Waals surface area contributed by atoms with Gasteiger partial charge in [-0.15, -0.1) is 16.4 Å². The minimum Gasteiger partial charge on any atom is -0.477 e. The molecule has 3 aromatic heterocycles. The molecule has 21 heavy (non-hydrogen) atoms. The number of aromatic nitrogens is 3. The summed E-state index contributed by atoms with van der Waals surface area (Å²) < 4.78 is 6.87. The summed E-state index contributed by atoms with van der Waals surface area (Å²) in [5.41, 5.74) is 0.951. The lowest BCUT2D eigenvalue weighted by Gasteiger charge is -2.00. The van der Waals surface area contributed by atoms with Gasteiger partial charge in [-0.2, -0.15) is 0 Å². The van der Waals surface area contributed by atoms with Crippen molar-refractivity contribution in [1.29, 1.82) is 0 Å². The molecule has 0 atom stereocenters. The second kappa shape index (κ2) is 5.92. The summed E-state index contributed by atoms with van der Waals surface area (Å²) in [4.78, 5) is 17.4. The Balaban J connectivity index is 1.75. The summed E-state index contributed by atoms with van der Waals surface area (Å²) >= 11 is 1.60. The van der Waals surface area contributed by atoms with Gasteiger partial charge in [0.2, 0.25) is 5.88 Å². The first-order chi connectivity index (χ1) is 10.3. The van der Waals surface area contributed by atoms with Crippen molar-refractivity contribution >= 4 is 22.9 Å². The SMILES string of the molecule is CCOc1ccc2nc(C(=O)NCc3cccs3)cn2n1. The first-order valence-corrected chi connectivity index (χ1v) is 7.44. The Morgan fingerprint density at radius 2 is 2.33 bits per heavy atom. The van der Waals surface area contributed by atoms with Crippen molar-refractivity contribution in [2.45, 2.75) is 13.5 Å². The average molecular weight is 302 g/mol. The summed E-state index contributed by atoms with van der Waals surface area (Å²) in [6, 6.07) is 7.44. The Morgan fingerprint density at radius 3 is 3.10 bits per heavy atom. The van der Waals surface area contributed by atoms with E-state index in [1.54, 1.807) is 34.2 Å². The molecule has 3 rings (SSSR count). The highest BCUT2D eigenvalue weighted by Gasteiger charge is 2.11. The number of rotatable bonds is 5. The summed E-state index contributed by atoms with van der Waals surface area (Å²) in [5.74, 6) is 0.291. The Hall–Kier alpha value is -2.41. The first-order valence-electron chi connectivity index (χ1n) is 6.56. The molecule has 108 valence electrons. The van der Waals surface area contributed by atoms with Crippen molar-refractivity contribution in [3.8, 4) is 5.88 Å².